The molecule has 0 aliphatic heterocycles. The summed E-state index contributed by atoms with van der Waals surface area (Å²) < 4.78 is 17.0. The molecule has 0 aliphatic rings. The first-order chi connectivity index (χ1) is 36.0. The van der Waals surface area contributed by atoms with Crippen LogP contribution in [0.15, 0.2) is 24.3 Å². The molecule has 6 heteroatoms. The molecule has 0 amide bonds. The van der Waals surface area contributed by atoms with E-state index < -0.39 is 6.10 Å². The molecule has 0 bridgehead atoms. The van der Waals surface area contributed by atoms with Gasteiger partial charge >= 0.3 is 17.9 Å². The van der Waals surface area contributed by atoms with Crippen molar-refractivity contribution in [1.29, 1.82) is 0 Å². The maximum absolute atomic E-state index is 12.9. The minimum absolute atomic E-state index is 0.0722. The van der Waals surface area contributed by atoms with E-state index in [1.54, 1.807) is 0 Å². The van der Waals surface area contributed by atoms with Crippen molar-refractivity contribution >= 4 is 17.9 Å². The van der Waals surface area contributed by atoms with Crippen molar-refractivity contribution in [2.24, 2.45) is 0 Å². The molecule has 0 radical (unpaired) electrons. The van der Waals surface area contributed by atoms with Crippen LogP contribution in [0.4, 0.5) is 0 Å². The van der Waals surface area contributed by atoms with Gasteiger partial charge in [-0.15, -0.1) is 0 Å². The Bertz CT molecular complexity index is 1180. The Kier molecular flexibility index (Phi) is 60.6. The lowest BCUT2D eigenvalue weighted by Gasteiger charge is -2.18. The van der Waals surface area contributed by atoms with E-state index in [1.807, 2.05) is 0 Å². The summed E-state index contributed by atoms with van der Waals surface area (Å²) in [5, 5.41) is 0. The topological polar surface area (TPSA) is 78.9 Å². The van der Waals surface area contributed by atoms with Crippen LogP contribution in [-0.2, 0) is 28.6 Å². The largest absolute Gasteiger partial charge is 0.462 e. The third-order valence-electron chi connectivity index (χ3n) is 14.9. The Hall–Kier alpha value is -2.11. The molecular weight excluding hydrogens is 901 g/mol. The van der Waals surface area contributed by atoms with Crippen LogP contribution in [0.1, 0.15) is 367 Å². The highest BCUT2D eigenvalue weighted by molar-refractivity contribution is 5.71. The number of carbonyl (C=O) groups is 3. The molecule has 6 nitrogen and oxygen atoms in total. The molecule has 0 aromatic carbocycles. The highest BCUT2D eigenvalue weighted by atomic mass is 16.6. The highest BCUT2D eigenvalue weighted by Gasteiger charge is 2.19. The van der Waals surface area contributed by atoms with Gasteiger partial charge in [-0.05, 0) is 70.6 Å². The molecule has 1 atom stereocenters. The standard InChI is InChI=1S/C67H126O6/c1-4-7-10-13-16-19-22-25-28-31-34-37-39-42-45-48-51-54-57-60-66(69)72-63-64(73-67(70)61-58-55-52-49-46-43-40-36-33-30-27-24-21-18-15-12-9-6-3)62-71-65(68)59-56-53-50-47-44-41-38-35-32-29-26-23-20-17-14-11-8-5-2/h35-36,38,40,64H,4-34,37,39,41-63H2,1-3H3/b38-35-,40-36-. The van der Waals surface area contributed by atoms with Crippen LogP contribution in [0.5, 0.6) is 0 Å². The first-order valence-corrected chi connectivity index (χ1v) is 32.8. The number of esters is 3. The summed E-state index contributed by atoms with van der Waals surface area (Å²) in [6.45, 7) is 6.70. The second-order valence-electron chi connectivity index (χ2n) is 22.4. The lowest BCUT2D eigenvalue weighted by atomic mass is 10.0. The van der Waals surface area contributed by atoms with Gasteiger partial charge in [0, 0.05) is 19.3 Å². The fraction of sp³-hybridized carbons (Fsp3) is 0.896. The maximum Gasteiger partial charge on any atom is 0.306 e. The monoisotopic (exact) mass is 1030 g/mol. The molecule has 0 rings (SSSR count). The van der Waals surface area contributed by atoms with E-state index >= 15 is 0 Å². The number of hydrogen-bond donors (Lipinski definition) is 0. The predicted octanol–water partition coefficient (Wildman–Crippen LogP) is 22.2. The maximum atomic E-state index is 12.9. The van der Waals surface area contributed by atoms with Gasteiger partial charge in [-0.25, -0.2) is 0 Å². The summed E-state index contributed by atoms with van der Waals surface area (Å²) in [5.74, 6) is -0.861. The van der Waals surface area contributed by atoms with Crippen molar-refractivity contribution < 1.29 is 28.6 Å². The quantitative estimate of drug-likeness (QED) is 0.0261. The molecule has 0 aromatic heterocycles. The van der Waals surface area contributed by atoms with Gasteiger partial charge in [0.15, 0.2) is 6.10 Å². The van der Waals surface area contributed by atoms with Crippen LogP contribution < -0.4 is 0 Å². The molecule has 0 N–H and O–H groups in total. The zero-order valence-electron chi connectivity index (χ0n) is 49.4. The molecule has 0 fully saturated rings. The summed E-state index contributed by atoms with van der Waals surface area (Å²) in [5.41, 5.74) is 0. The lowest BCUT2D eigenvalue weighted by Crippen LogP contribution is -2.30. The number of carbonyl (C=O) groups excluding carboxylic acids is 3. The van der Waals surface area contributed by atoms with Gasteiger partial charge in [0.05, 0.1) is 0 Å². The summed E-state index contributed by atoms with van der Waals surface area (Å²) >= 11 is 0. The first-order valence-electron chi connectivity index (χ1n) is 32.8. The zero-order valence-corrected chi connectivity index (χ0v) is 49.4. The first kappa shape index (κ1) is 70.9. The van der Waals surface area contributed by atoms with Gasteiger partial charge < -0.3 is 14.2 Å². The molecule has 73 heavy (non-hydrogen) atoms. The van der Waals surface area contributed by atoms with Crippen molar-refractivity contribution in [3.63, 3.8) is 0 Å². The molecular formula is C67H126O6. The molecule has 0 saturated heterocycles. The lowest BCUT2D eigenvalue weighted by molar-refractivity contribution is -0.167. The number of rotatable bonds is 61. The summed E-state index contributed by atoms with van der Waals surface area (Å²) in [6.07, 6.45) is 74.7. The van der Waals surface area contributed by atoms with E-state index in [4.69, 9.17) is 14.2 Å². The van der Waals surface area contributed by atoms with Crippen molar-refractivity contribution in [3.8, 4) is 0 Å². The van der Waals surface area contributed by atoms with E-state index in [0.717, 1.165) is 70.6 Å². The molecule has 1 unspecified atom stereocenters. The Labute approximate surface area is 455 Å². The van der Waals surface area contributed by atoms with Crippen LogP contribution in [0.25, 0.3) is 0 Å². The van der Waals surface area contributed by atoms with Crippen LogP contribution >= 0.6 is 0 Å². The molecule has 0 spiro atoms. The average Bonchev–Trinajstić information content (AvgIpc) is 3.39. The second-order valence-corrected chi connectivity index (χ2v) is 22.4. The van der Waals surface area contributed by atoms with Gasteiger partial charge in [0.2, 0.25) is 0 Å². The van der Waals surface area contributed by atoms with Gasteiger partial charge in [0.1, 0.15) is 13.2 Å². The van der Waals surface area contributed by atoms with Gasteiger partial charge in [0.25, 0.3) is 0 Å². The number of hydrogen-bond acceptors (Lipinski definition) is 6. The number of unbranched alkanes of at least 4 members (excludes halogenated alkanes) is 46. The Morgan fingerprint density at radius 1 is 0.260 bits per heavy atom. The normalized spacial score (nSPS) is 12.1. The third-order valence-corrected chi connectivity index (χ3v) is 14.9. The van der Waals surface area contributed by atoms with E-state index in [-0.39, 0.29) is 31.1 Å². The summed E-state index contributed by atoms with van der Waals surface area (Å²) in [6, 6.07) is 0. The molecule has 0 saturated carbocycles. The summed E-state index contributed by atoms with van der Waals surface area (Å²) in [7, 11) is 0. The van der Waals surface area contributed by atoms with Crippen molar-refractivity contribution in [2.45, 2.75) is 374 Å². The highest BCUT2D eigenvalue weighted by Crippen LogP contribution is 2.18. The predicted molar refractivity (Wildman–Crippen MR) is 316 cm³/mol. The Balaban J connectivity index is 4.34. The molecule has 0 aromatic rings. The minimum atomic E-state index is -0.777. The van der Waals surface area contributed by atoms with E-state index in [0.29, 0.717) is 19.3 Å². The summed E-state index contributed by atoms with van der Waals surface area (Å²) in [4.78, 5) is 38.3. The van der Waals surface area contributed by atoms with E-state index in [9.17, 15) is 14.4 Å². The van der Waals surface area contributed by atoms with Gasteiger partial charge in [-0.3, -0.25) is 14.4 Å². The third kappa shape index (κ3) is 60.6. The zero-order chi connectivity index (χ0) is 52.9. The average molecular weight is 1030 g/mol. The Morgan fingerprint density at radius 2 is 0.452 bits per heavy atom. The molecule has 430 valence electrons. The van der Waals surface area contributed by atoms with Crippen molar-refractivity contribution in [2.75, 3.05) is 13.2 Å². The fourth-order valence-corrected chi connectivity index (χ4v) is 9.97. The van der Waals surface area contributed by atoms with E-state index in [1.165, 1.54) is 257 Å². The molecule has 0 aliphatic carbocycles. The smallest absolute Gasteiger partial charge is 0.306 e. The van der Waals surface area contributed by atoms with Crippen molar-refractivity contribution in [1.82, 2.24) is 0 Å². The number of allylic oxidation sites excluding steroid dienone is 4. The van der Waals surface area contributed by atoms with Crippen LogP contribution in [0.2, 0.25) is 0 Å². The SMILES string of the molecule is CCCCCCCCCCC/C=C\CCCCCCCC(=O)OCC(COC(=O)CCCCCCCCCCCCCCCCCCCCC)OC(=O)CCCCCCC/C=C\CCCCCCCCCCC. The molecule has 0 heterocycles. The minimum Gasteiger partial charge on any atom is -0.462 e. The van der Waals surface area contributed by atoms with Crippen molar-refractivity contribution in [3.05, 3.63) is 24.3 Å². The van der Waals surface area contributed by atoms with E-state index in [2.05, 4.69) is 45.1 Å². The van der Waals surface area contributed by atoms with Crippen LogP contribution in [0.3, 0.4) is 0 Å². The van der Waals surface area contributed by atoms with Crippen LogP contribution in [0, 0.1) is 0 Å². The van der Waals surface area contributed by atoms with Gasteiger partial charge in [-0.2, -0.15) is 0 Å². The second kappa shape index (κ2) is 62.4. The number of ether oxygens (including phenoxy) is 3. The van der Waals surface area contributed by atoms with Gasteiger partial charge in [-0.1, -0.05) is 302 Å². The van der Waals surface area contributed by atoms with Crippen LogP contribution in [-0.4, -0.2) is 37.2 Å². The Morgan fingerprint density at radius 3 is 0.685 bits per heavy atom. The fourth-order valence-electron chi connectivity index (χ4n) is 9.97.